The zero-order valence-corrected chi connectivity index (χ0v) is 19.4. The van der Waals surface area contributed by atoms with Crippen molar-refractivity contribution in [1.29, 1.82) is 0 Å². The zero-order chi connectivity index (χ0) is 24.1. The summed E-state index contributed by atoms with van der Waals surface area (Å²) in [6.07, 6.45) is 0. The second-order valence-electron chi connectivity index (χ2n) is 8.29. The summed E-state index contributed by atoms with van der Waals surface area (Å²) in [7, 11) is 0. The van der Waals surface area contributed by atoms with Crippen LogP contribution < -0.4 is 20.7 Å². The predicted octanol–water partition coefficient (Wildman–Crippen LogP) is 5.05. The smallest absolute Gasteiger partial charge is 0.354 e. The minimum Gasteiger partial charge on any atom is -0.505 e. The lowest BCUT2D eigenvalue weighted by Crippen LogP contribution is -2.22. The molecule has 0 saturated heterocycles. The van der Waals surface area contributed by atoms with E-state index in [0.29, 0.717) is 22.4 Å². The van der Waals surface area contributed by atoms with E-state index in [2.05, 4.69) is 0 Å². The number of aromatic nitrogens is 1. The molecule has 7 nitrogen and oxygen atoms in total. The highest BCUT2D eigenvalue weighted by atomic mass is 32.2. The van der Waals surface area contributed by atoms with Gasteiger partial charge in [-0.05, 0) is 30.7 Å². The number of benzene rings is 3. The summed E-state index contributed by atoms with van der Waals surface area (Å²) in [5.74, 6) is 0.577. The van der Waals surface area contributed by atoms with Gasteiger partial charge in [0.2, 0.25) is 6.79 Å². The summed E-state index contributed by atoms with van der Waals surface area (Å²) in [5.41, 5.74) is 1.31. The molecule has 3 aromatic carbocycles. The minimum absolute atomic E-state index is 0.0170. The zero-order valence-electron chi connectivity index (χ0n) is 18.6. The van der Waals surface area contributed by atoms with E-state index in [1.165, 1.54) is 0 Å². The molecule has 0 aliphatic carbocycles. The van der Waals surface area contributed by atoms with Gasteiger partial charge in [-0.2, -0.15) is 0 Å². The summed E-state index contributed by atoms with van der Waals surface area (Å²) >= 11 is 1.06. The summed E-state index contributed by atoms with van der Waals surface area (Å²) in [6.45, 7) is 2.27. The molecule has 0 radical (unpaired) electrons. The highest BCUT2D eigenvalue weighted by Gasteiger charge is 2.25. The van der Waals surface area contributed by atoms with Crippen LogP contribution in [0, 0.1) is 6.92 Å². The van der Waals surface area contributed by atoms with E-state index in [0.717, 1.165) is 27.8 Å². The third kappa shape index (κ3) is 3.63. The standard InChI is InChI=1S/C27H19NO6S/c1-15-7-9-17(10-8-15)35-25-23(29)22-24(34-27(25)31)18-11-20-21(33-14-32-20)12-19(18)28(26(22)30)13-16-5-3-2-4-6-16/h2-12,29H,13-14H2,1H3. The van der Waals surface area contributed by atoms with Gasteiger partial charge in [-0.15, -0.1) is 0 Å². The van der Waals surface area contributed by atoms with Crippen molar-refractivity contribution in [1.82, 2.24) is 4.57 Å². The fourth-order valence-electron chi connectivity index (χ4n) is 4.21. The molecule has 0 unspecified atom stereocenters. The van der Waals surface area contributed by atoms with E-state index in [1.807, 2.05) is 61.5 Å². The molecule has 2 aromatic heterocycles. The molecular formula is C27H19NO6S. The molecular weight excluding hydrogens is 466 g/mol. The van der Waals surface area contributed by atoms with Gasteiger partial charge in [0.25, 0.3) is 5.56 Å². The summed E-state index contributed by atoms with van der Waals surface area (Å²) in [4.78, 5) is 27.5. The SMILES string of the molecule is Cc1ccc(Sc2c(O)c3c(=O)n(Cc4ccccc4)c4cc5c(cc4c3oc2=O)OCO5)cc1. The number of fused-ring (bicyclic) bond motifs is 4. The first-order valence-corrected chi connectivity index (χ1v) is 11.8. The van der Waals surface area contributed by atoms with Crippen molar-refractivity contribution in [2.45, 2.75) is 23.3 Å². The maximum atomic E-state index is 13.8. The first-order valence-electron chi connectivity index (χ1n) is 10.9. The van der Waals surface area contributed by atoms with Crippen LogP contribution in [-0.2, 0) is 6.54 Å². The van der Waals surface area contributed by atoms with Crippen LogP contribution in [0.25, 0.3) is 21.9 Å². The van der Waals surface area contributed by atoms with Crippen molar-refractivity contribution in [2.24, 2.45) is 0 Å². The van der Waals surface area contributed by atoms with Crippen LogP contribution in [0.4, 0.5) is 0 Å². The second kappa shape index (κ2) is 8.25. The van der Waals surface area contributed by atoms with Crippen molar-refractivity contribution < 1.29 is 19.0 Å². The monoisotopic (exact) mass is 485 g/mol. The Morgan fingerprint density at radius 3 is 2.43 bits per heavy atom. The number of hydrogen-bond donors (Lipinski definition) is 1. The first kappa shape index (κ1) is 21.4. The van der Waals surface area contributed by atoms with Crippen LogP contribution >= 0.6 is 11.8 Å². The van der Waals surface area contributed by atoms with Gasteiger partial charge in [0, 0.05) is 16.3 Å². The first-order chi connectivity index (χ1) is 17.0. The lowest BCUT2D eigenvalue weighted by molar-refractivity contribution is 0.174. The third-order valence-corrected chi connectivity index (χ3v) is 7.04. The molecule has 0 saturated carbocycles. The van der Waals surface area contributed by atoms with E-state index < -0.39 is 16.9 Å². The van der Waals surface area contributed by atoms with Crippen molar-refractivity contribution in [3.8, 4) is 17.2 Å². The quantitative estimate of drug-likeness (QED) is 0.356. The Hall–Kier alpha value is -4.17. The molecule has 6 rings (SSSR count). The van der Waals surface area contributed by atoms with E-state index in [4.69, 9.17) is 13.9 Å². The van der Waals surface area contributed by atoms with Crippen molar-refractivity contribution in [3.63, 3.8) is 0 Å². The lowest BCUT2D eigenvalue weighted by atomic mass is 10.1. The van der Waals surface area contributed by atoms with Crippen LogP contribution in [-0.4, -0.2) is 16.5 Å². The fourth-order valence-corrected chi connectivity index (χ4v) is 5.05. The van der Waals surface area contributed by atoms with E-state index >= 15 is 0 Å². The molecule has 0 fully saturated rings. The Kier molecular flexibility index (Phi) is 5.04. The average Bonchev–Trinajstić information content (AvgIpc) is 3.32. The Morgan fingerprint density at radius 1 is 0.971 bits per heavy atom. The number of aromatic hydroxyl groups is 1. The van der Waals surface area contributed by atoms with Gasteiger partial charge in [-0.3, -0.25) is 4.79 Å². The number of ether oxygens (including phenoxy) is 2. The van der Waals surface area contributed by atoms with Crippen LogP contribution in [0.3, 0.4) is 0 Å². The van der Waals surface area contributed by atoms with Gasteiger partial charge in [-0.1, -0.05) is 59.8 Å². The van der Waals surface area contributed by atoms with Crippen LogP contribution in [0.5, 0.6) is 17.2 Å². The molecule has 0 amide bonds. The molecule has 35 heavy (non-hydrogen) atoms. The topological polar surface area (TPSA) is 90.9 Å². The second-order valence-corrected chi connectivity index (χ2v) is 9.37. The van der Waals surface area contributed by atoms with Crippen molar-refractivity contribution >= 4 is 33.6 Å². The van der Waals surface area contributed by atoms with Crippen molar-refractivity contribution in [2.75, 3.05) is 6.79 Å². The molecule has 1 aliphatic heterocycles. The van der Waals surface area contributed by atoms with Crippen LogP contribution in [0.1, 0.15) is 11.1 Å². The van der Waals surface area contributed by atoms with E-state index in [1.54, 1.807) is 16.7 Å². The normalized spacial score (nSPS) is 12.5. The fraction of sp³-hybridized carbons (Fsp3) is 0.111. The highest BCUT2D eigenvalue weighted by molar-refractivity contribution is 7.99. The maximum absolute atomic E-state index is 13.8. The van der Waals surface area contributed by atoms with E-state index in [-0.39, 0.29) is 29.2 Å². The average molecular weight is 486 g/mol. The number of hydrogen-bond acceptors (Lipinski definition) is 7. The third-order valence-electron chi connectivity index (χ3n) is 5.97. The van der Waals surface area contributed by atoms with Gasteiger partial charge in [0.1, 0.15) is 10.3 Å². The molecule has 1 N–H and O–H groups in total. The Labute approximate surface area is 203 Å². The van der Waals surface area contributed by atoms with Gasteiger partial charge in [0.05, 0.1) is 12.1 Å². The Balaban J connectivity index is 1.64. The van der Waals surface area contributed by atoms with Gasteiger partial charge < -0.3 is 23.6 Å². The van der Waals surface area contributed by atoms with Crippen LogP contribution in [0.15, 0.2) is 90.5 Å². The largest absolute Gasteiger partial charge is 0.505 e. The molecule has 8 heteroatoms. The van der Waals surface area contributed by atoms with Gasteiger partial charge in [-0.25, -0.2) is 4.79 Å². The summed E-state index contributed by atoms with van der Waals surface area (Å²) < 4.78 is 18.3. The molecule has 0 bridgehead atoms. The highest BCUT2D eigenvalue weighted by Crippen LogP contribution is 2.41. The van der Waals surface area contributed by atoms with Crippen LogP contribution in [0.2, 0.25) is 0 Å². The van der Waals surface area contributed by atoms with Crippen molar-refractivity contribution in [3.05, 3.63) is 98.6 Å². The number of pyridine rings is 1. The summed E-state index contributed by atoms with van der Waals surface area (Å²) in [5, 5.41) is 11.6. The number of rotatable bonds is 4. The number of nitrogens with zero attached hydrogens (tertiary/aromatic N) is 1. The maximum Gasteiger partial charge on any atom is 0.354 e. The Bertz CT molecular complexity index is 1720. The molecule has 1 aliphatic rings. The summed E-state index contributed by atoms with van der Waals surface area (Å²) in [6, 6.07) is 20.4. The van der Waals surface area contributed by atoms with E-state index in [9.17, 15) is 14.7 Å². The van der Waals surface area contributed by atoms with Gasteiger partial charge >= 0.3 is 5.63 Å². The predicted molar refractivity (Wildman–Crippen MR) is 133 cm³/mol. The molecule has 0 spiro atoms. The molecule has 0 atom stereocenters. The molecule has 5 aromatic rings. The number of aryl methyl sites for hydroxylation is 1. The molecule has 174 valence electrons. The Morgan fingerprint density at radius 2 is 1.69 bits per heavy atom. The molecule has 3 heterocycles. The lowest BCUT2D eigenvalue weighted by Gasteiger charge is -2.15. The van der Waals surface area contributed by atoms with Gasteiger partial charge in [0.15, 0.2) is 22.8 Å². The minimum atomic E-state index is -0.722.